The summed E-state index contributed by atoms with van der Waals surface area (Å²) >= 11 is 1.38. The van der Waals surface area contributed by atoms with Crippen LogP contribution in [0, 0.1) is 5.82 Å². The number of rotatable bonds is 4. The van der Waals surface area contributed by atoms with Crippen molar-refractivity contribution >= 4 is 33.0 Å². The number of halogens is 1. The first-order valence-electron chi connectivity index (χ1n) is 9.80. The quantitative estimate of drug-likeness (QED) is 0.337. The Morgan fingerprint density at radius 1 is 0.774 bits per heavy atom. The van der Waals surface area contributed by atoms with E-state index in [0.717, 1.165) is 21.9 Å². The molecule has 0 unspecified atom stereocenters. The lowest BCUT2D eigenvalue weighted by Crippen LogP contribution is -2.12. The monoisotopic (exact) mass is 424 g/mol. The second-order valence-electron chi connectivity index (χ2n) is 7.05. The van der Waals surface area contributed by atoms with Crippen LogP contribution in [0.4, 0.5) is 9.39 Å². The minimum atomic E-state index is -0.298. The molecule has 0 aliphatic rings. The van der Waals surface area contributed by atoms with E-state index in [-0.39, 0.29) is 11.7 Å². The van der Waals surface area contributed by atoms with Crippen molar-refractivity contribution < 1.29 is 9.18 Å². The fourth-order valence-electron chi connectivity index (χ4n) is 3.51. The van der Waals surface area contributed by atoms with Crippen LogP contribution in [0.5, 0.6) is 0 Å². The average Bonchev–Trinajstić information content (AvgIpc) is 3.23. The van der Waals surface area contributed by atoms with Crippen LogP contribution in [-0.4, -0.2) is 10.9 Å². The van der Waals surface area contributed by atoms with Crippen LogP contribution in [0.15, 0.2) is 97.1 Å². The molecule has 31 heavy (non-hydrogen) atoms. The van der Waals surface area contributed by atoms with Crippen molar-refractivity contribution in [3.8, 4) is 21.8 Å². The minimum absolute atomic E-state index is 0.191. The van der Waals surface area contributed by atoms with Crippen LogP contribution in [0.3, 0.4) is 0 Å². The van der Waals surface area contributed by atoms with E-state index in [2.05, 4.69) is 5.32 Å². The number of aromatic nitrogens is 1. The van der Waals surface area contributed by atoms with Gasteiger partial charge < -0.3 is 5.32 Å². The predicted molar refractivity (Wildman–Crippen MR) is 125 cm³/mol. The third-order valence-corrected chi connectivity index (χ3v) is 6.05. The van der Waals surface area contributed by atoms with Gasteiger partial charge in [-0.15, -0.1) is 0 Å². The summed E-state index contributed by atoms with van der Waals surface area (Å²) in [5, 5.41) is 6.34. The second-order valence-corrected chi connectivity index (χ2v) is 8.05. The molecule has 5 aromatic rings. The molecule has 150 valence electrons. The molecule has 3 nitrogen and oxygen atoms in total. The highest BCUT2D eigenvalue weighted by molar-refractivity contribution is 7.19. The molecule has 0 fully saturated rings. The first-order chi connectivity index (χ1) is 15.2. The molecule has 0 spiro atoms. The van der Waals surface area contributed by atoms with E-state index >= 15 is 0 Å². The maximum Gasteiger partial charge on any atom is 0.256 e. The van der Waals surface area contributed by atoms with E-state index in [0.29, 0.717) is 21.3 Å². The van der Waals surface area contributed by atoms with Gasteiger partial charge in [-0.25, -0.2) is 9.37 Å². The van der Waals surface area contributed by atoms with Gasteiger partial charge in [0.25, 0.3) is 5.91 Å². The molecule has 0 aliphatic heterocycles. The number of fused-ring (bicyclic) bond motifs is 1. The van der Waals surface area contributed by atoms with Crippen molar-refractivity contribution in [1.29, 1.82) is 0 Å². The Morgan fingerprint density at radius 2 is 1.48 bits per heavy atom. The van der Waals surface area contributed by atoms with Crippen LogP contribution in [0.2, 0.25) is 0 Å². The molecule has 0 radical (unpaired) electrons. The maximum atomic E-state index is 13.4. The Balaban J connectivity index is 1.57. The fraction of sp³-hybridized carbons (Fsp3) is 0. The van der Waals surface area contributed by atoms with E-state index in [9.17, 15) is 9.18 Å². The summed E-state index contributed by atoms with van der Waals surface area (Å²) in [7, 11) is 0. The Morgan fingerprint density at radius 3 is 2.29 bits per heavy atom. The molecule has 0 atom stereocenters. The standard InChI is InChI=1S/C26H17FN2OS/c27-20-15-13-19(14-16-20)25-28-23(18-8-2-1-3-9-18)26(31-25)29-24(30)22-12-6-10-17-7-4-5-11-21(17)22/h1-16H,(H,29,30). The molecule has 1 N–H and O–H groups in total. The predicted octanol–water partition coefficient (Wildman–Crippen LogP) is 7.02. The third-order valence-electron chi connectivity index (χ3n) is 5.03. The lowest BCUT2D eigenvalue weighted by molar-refractivity contribution is 0.102. The number of carbonyl (C=O) groups excluding carboxylic acids is 1. The Labute approximate surface area is 182 Å². The summed E-state index contributed by atoms with van der Waals surface area (Å²) in [6.07, 6.45) is 0. The first-order valence-corrected chi connectivity index (χ1v) is 10.6. The molecule has 0 saturated carbocycles. The van der Waals surface area contributed by atoms with Crippen LogP contribution in [-0.2, 0) is 0 Å². The number of benzene rings is 4. The highest BCUT2D eigenvalue weighted by Gasteiger charge is 2.18. The van der Waals surface area contributed by atoms with Gasteiger partial charge in [0, 0.05) is 16.7 Å². The van der Waals surface area contributed by atoms with E-state index < -0.39 is 0 Å². The summed E-state index contributed by atoms with van der Waals surface area (Å²) < 4.78 is 13.4. The summed E-state index contributed by atoms with van der Waals surface area (Å²) in [6, 6.07) is 29.4. The van der Waals surface area contributed by atoms with Crippen LogP contribution >= 0.6 is 11.3 Å². The van der Waals surface area contributed by atoms with Gasteiger partial charge in [0.05, 0.1) is 0 Å². The normalized spacial score (nSPS) is 10.9. The molecule has 1 aromatic heterocycles. The number of carbonyl (C=O) groups is 1. The fourth-order valence-corrected chi connectivity index (χ4v) is 4.49. The van der Waals surface area contributed by atoms with Crippen LogP contribution < -0.4 is 5.32 Å². The molecule has 5 heteroatoms. The second kappa shape index (κ2) is 8.13. The van der Waals surface area contributed by atoms with Crippen molar-refractivity contribution in [1.82, 2.24) is 4.98 Å². The number of anilines is 1. The van der Waals surface area contributed by atoms with E-state index in [1.807, 2.05) is 72.8 Å². The van der Waals surface area contributed by atoms with Crippen LogP contribution in [0.25, 0.3) is 32.6 Å². The van der Waals surface area contributed by atoms with Gasteiger partial charge in [0.15, 0.2) is 0 Å². The third kappa shape index (κ3) is 3.83. The number of hydrogen-bond donors (Lipinski definition) is 1. The van der Waals surface area contributed by atoms with Crippen molar-refractivity contribution in [2.75, 3.05) is 5.32 Å². The van der Waals surface area contributed by atoms with Crippen molar-refractivity contribution in [3.05, 3.63) is 108 Å². The summed E-state index contributed by atoms with van der Waals surface area (Å²) in [4.78, 5) is 18.0. The lowest BCUT2D eigenvalue weighted by Gasteiger charge is -2.08. The van der Waals surface area contributed by atoms with Gasteiger partial charge in [0.1, 0.15) is 21.5 Å². The van der Waals surface area contributed by atoms with Crippen LogP contribution in [0.1, 0.15) is 10.4 Å². The summed E-state index contributed by atoms with van der Waals surface area (Å²) in [5.74, 6) is -0.489. The van der Waals surface area contributed by atoms with Gasteiger partial charge in [-0.2, -0.15) is 0 Å². The number of nitrogens with zero attached hydrogens (tertiary/aromatic N) is 1. The lowest BCUT2D eigenvalue weighted by atomic mass is 10.0. The smallest absolute Gasteiger partial charge is 0.256 e. The number of amides is 1. The molecule has 5 rings (SSSR count). The summed E-state index contributed by atoms with van der Waals surface area (Å²) in [6.45, 7) is 0. The highest BCUT2D eigenvalue weighted by Crippen LogP contribution is 2.38. The average molecular weight is 425 g/mol. The number of hydrogen-bond acceptors (Lipinski definition) is 3. The molecule has 0 bridgehead atoms. The van der Waals surface area contributed by atoms with E-state index in [1.165, 1.54) is 23.5 Å². The summed E-state index contributed by atoms with van der Waals surface area (Å²) in [5.41, 5.74) is 3.00. The zero-order valence-corrected chi connectivity index (χ0v) is 17.2. The van der Waals surface area contributed by atoms with E-state index in [4.69, 9.17) is 4.98 Å². The zero-order chi connectivity index (χ0) is 21.2. The molecular weight excluding hydrogens is 407 g/mol. The molecule has 1 amide bonds. The number of thiazole rings is 1. The van der Waals surface area contributed by atoms with Gasteiger partial charge in [-0.1, -0.05) is 78.1 Å². The SMILES string of the molecule is O=C(Nc1sc(-c2ccc(F)cc2)nc1-c1ccccc1)c1cccc2ccccc12. The van der Waals surface area contributed by atoms with Gasteiger partial charge in [-0.05, 0) is 41.1 Å². The Hall–Kier alpha value is -3.83. The number of nitrogens with one attached hydrogen (secondary N) is 1. The Kier molecular flexibility index (Phi) is 5.02. The minimum Gasteiger partial charge on any atom is -0.312 e. The molecule has 0 aliphatic carbocycles. The maximum absolute atomic E-state index is 13.4. The van der Waals surface area contributed by atoms with Gasteiger partial charge >= 0.3 is 0 Å². The molecule has 0 saturated heterocycles. The first kappa shape index (κ1) is 19.2. The van der Waals surface area contributed by atoms with Crippen molar-refractivity contribution in [2.24, 2.45) is 0 Å². The zero-order valence-electron chi connectivity index (χ0n) is 16.4. The molecular formula is C26H17FN2OS. The topological polar surface area (TPSA) is 42.0 Å². The largest absolute Gasteiger partial charge is 0.312 e. The van der Waals surface area contributed by atoms with E-state index in [1.54, 1.807) is 12.1 Å². The molecule has 4 aromatic carbocycles. The van der Waals surface area contributed by atoms with Crippen molar-refractivity contribution in [2.45, 2.75) is 0 Å². The van der Waals surface area contributed by atoms with Crippen molar-refractivity contribution in [3.63, 3.8) is 0 Å². The van der Waals surface area contributed by atoms with Gasteiger partial charge in [-0.3, -0.25) is 4.79 Å². The highest BCUT2D eigenvalue weighted by atomic mass is 32.1. The molecule has 1 heterocycles. The Bertz CT molecular complexity index is 1370. The van der Waals surface area contributed by atoms with Gasteiger partial charge in [0.2, 0.25) is 0 Å².